The number of hydrogen-bond acceptors (Lipinski definition) is 3. The maximum absolute atomic E-state index is 6.99. The highest BCUT2D eigenvalue weighted by Gasteiger charge is 2.52. The SMILES string of the molecule is CC1(C)OB(c2cc3c4cccc(-n5c6cc7ccccc7cc6c6c7ccccc7ccc65)c4oc3c3ccccc23)OC1(C)C. The topological polar surface area (TPSA) is 36.5 Å². The fraction of sp³-hybridized carbons (Fsp3) is 0.143. The van der Waals surface area contributed by atoms with E-state index in [1.807, 2.05) is 0 Å². The molecule has 0 saturated carbocycles. The van der Waals surface area contributed by atoms with Crippen LogP contribution in [0.4, 0.5) is 0 Å². The lowest BCUT2D eigenvalue weighted by atomic mass is 9.75. The zero-order valence-electron chi connectivity index (χ0n) is 26.8. The van der Waals surface area contributed by atoms with Crippen LogP contribution in [0.25, 0.3) is 81.7 Å². The predicted octanol–water partition coefficient (Wildman–Crippen LogP) is 10.4. The molecular weight excluding hydrogens is 577 g/mol. The Morgan fingerprint density at radius 3 is 1.87 bits per heavy atom. The molecule has 0 unspecified atom stereocenters. The first kappa shape index (κ1) is 27.1. The van der Waals surface area contributed by atoms with Gasteiger partial charge in [-0.3, -0.25) is 0 Å². The van der Waals surface area contributed by atoms with Gasteiger partial charge in [-0.2, -0.15) is 0 Å². The van der Waals surface area contributed by atoms with Crippen molar-refractivity contribution in [2.24, 2.45) is 0 Å². The molecule has 3 heterocycles. The van der Waals surface area contributed by atoms with Gasteiger partial charge >= 0.3 is 7.12 Å². The molecule has 10 rings (SSSR count). The molecule has 0 radical (unpaired) electrons. The van der Waals surface area contributed by atoms with Crippen LogP contribution in [0.15, 0.2) is 126 Å². The maximum atomic E-state index is 6.99. The van der Waals surface area contributed by atoms with Gasteiger partial charge in [0.25, 0.3) is 0 Å². The van der Waals surface area contributed by atoms with E-state index in [4.69, 9.17) is 13.7 Å². The molecule has 0 spiro atoms. The number of fused-ring (bicyclic) bond motifs is 11. The number of aromatic nitrogens is 1. The summed E-state index contributed by atoms with van der Waals surface area (Å²) in [5.74, 6) is 0. The summed E-state index contributed by atoms with van der Waals surface area (Å²) in [6, 6.07) is 43.6. The van der Waals surface area contributed by atoms with Gasteiger partial charge in [-0.25, -0.2) is 0 Å². The van der Waals surface area contributed by atoms with Crippen molar-refractivity contribution in [1.82, 2.24) is 4.57 Å². The van der Waals surface area contributed by atoms with Gasteiger partial charge in [0, 0.05) is 26.9 Å². The fourth-order valence-electron chi connectivity index (χ4n) is 7.71. The summed E-state index contributed by atoms with van der Waals surface area (Å²) in [4.78, 5) is 0. The van der Waals surface area contributed by atoms with Crippen LogP contribution < -0.4 is 5.46 Å². The minimum absolute atomic E-state index is 0.440. The molecule has 226 valence electrons. The molecule has 9 aromatic rings. The zero-order valence-corrected chi connectivity index (χ0v) is 26.8. The summed E-state index contributed by atoms with van der Waals surface area (Å²) in [5.41, 5.74) is 5.21. The second-order valence-corrected chi connectivity index (χ2v) is 14.0. The van der Waals surface area contributed by atoms with E-state index in [2.05, 4.69) is 154 Å². The third-order valence-electron chi connectivity index (χ3n) is 10.8. The number of furan rings is 1. The van der Waals surface area contributed by atoms with Crippen molar-refractivity contribution in [1.29, 1.82) is 0 Å². The van der Waals surface area contributed by atoms with Crippen molar-refractivity contribution in [3.05, 3.63) is 121 Å². The molecule has 47 heavy (non-hydrogen) atoms. The quantitative estimate of drug-likeness (QED) is 0.183. The predicted molar refractivity (Wildman–Crippen MR) is 196 cm³/mol. The number of rotatable bonds is 2. The van der Waals surface area contributed by atoms with Crippen LogP contribution in [0.3, 0.4) is 0 Å². The first-order chi connectivity index (χ1) is 22.8. The Labute approximate surface area is 272 Å². The lowest BCUT2D eigenvalue weighted by Crippen LogP contribution is -2.41. The lowest BCUT2D eigenvalue weighted by Gasteiger charge is -2.32. The Morgan fingerprint density at radius 1 is 0.489 bits per heavy atom. The highest BCUT2D eigenvalue weighted by Crippen LogP contribution is 2.43. The molecule has 0 atom stereocenters. The first-order valence-corrected chi connectivity index (χ1v) is 16.4. The maximum Gasteiger partial charge on any atom is 0.495 e. The highest BCUT2D eigenvalue weighted by atomic mass is 16.7. The van der Waals surface area contributed by atoms with Crippen LogP contribution in [-0.4, -0.2) is 22.9 Å². The molecular formula is C42H32BNO3. The van der Waals surface area contributed by atoms with Gasteiger partial charge in [-0.1, -0.05) is 97.1 Å². The zero-order chi connectivity index (χ0) is 31.7. The molecule has 1 aliphatic heterocycles. The monoisotopic (exact) mass is 609 g/mol. The first-order valence-electron chi connectivity index (χ1n) is 16.4. The molecule has 4 nitrogen and oxygen atoms in total. The van der Waals surface area contributed by atoms with E-state index in [0.29, 0.717) is 0 Å². The van der Waals surface area contributed by atoms with Crippen LogP contribution in [0.1, 0.15) is 27.7 Å². The van der Waals surface area contributed by atoms with E-state index in [-0.39, 0.29) is 0 Å². The lowest BCUT2D eigenvalue weighted by molar-refractivity contribution is 0.00578. The third-order valence-corrected chi connectivity index (χ3v) is 10.8. The average Bonchev–Trinajstić information content (AvgIpc) is 3.69. The van der Waals surface area contributed by atoms with Gasteiger partial charge in [0.2, 0.25) is 0 Å². The molecule has 7 aromatic carbocycles. The number of para-hydroxylation sites is 1. The summed E-state index contributed by atoms with van der Waals surface area (Å²) in [6.45, 7) is 8.41. The fourth-order valence-corrected chi connectivity index (χ4v) is 7.71. The van der Waals surface area contributed by atoms with E-state index in [1.54, 1.807) is 0 Å². The van der Waals surface area contributed by atoms with Crippen molar-refractivity contribution in [3.8, 4) is 5.69 Å². The molecule has 0 N–H and O–H groups in total. The smallest absolute Gasteiger partial charge is 0.453 e. The number of benzene rings is 7. The van der Waals surface area contributed by atoms with Crippen molar-refractivity contribution in [2.75, 3.05) is 0 Å². The van der Waals surface area contributed by atoms with Crippen LogP contribution in [-0.2, 0) is 9.31 Å². The van der Waals surface area contributed by atoms with Gasteiger partial charge in [0.15, 0.2) is 5.58 Å². The summed E-state index contributed by atoms with van der Waals surface area (Å²) in [5, 5.41) is 11.7. The van der Waals surface area contributed by atoms with Crippen molar-refractivity contribution in [3.63, 3.8) is 0 Å². The van der Waals surface area contributed by atoms with Gasteiger partial charge in [0.1, 0.15) is 5.58 Å². The van der Waals surface area contributed by atoms with Gasteiger partial charge in [0.05, 0.1) is 27.9 Å². The van der Waals surface area contributed by atoms with Gasteiger partial charge < -0.3 is 18.3 Å². The summed E-state index contributed by atoms with van der Waals surface area (Å²) >= 11 is 0. The highest BCUT2D eigenvalue weighted by molar-refractivity contribution is 6.66. The molecule has 5 heteroatoms. The van der Waals surface area contributed by atoms with Crippen molar-refractivity contribution in [2.45, 2.75) is 38.9 Å². The van der Waals surface area contributed by atoms with Crippen molar-refractivity contribution < 1.29 is 13.7 Å². The van der Waals surface area contributed by atoms with Crippen LogP contribution in [0.2, 0.25) is 0 Å². The second kappa shape index (κ2) is 9.25. The Balaban J connectivity index is 1.31. The minimum Gasteiger partial charge on any atom is -0.453 e. The molecule has 1 saturated heterocycles. The minimum atomic E-state index is -0.485. The molecule has 1 aliphatic rings. The van der Waals surface area contributed by atoms with E-state index < -0.39 is 18.3 Å². The van der Waals surface area contributed by atoms with Crippen LogP contribution in [0.5, 0.6) is 0 Å². The van der Waals surface area contributed by atoms with E-state index >= 15 is 0 Å². The largest absolute Gasteiger partial charge is 0.495 e. The van der Waals surface area contributed by atoms with Crippen molar-refractivity contribution >= 4 is 88.6 Å². The number of hydrogen-bond donors (Lipinski definition) is 0. The third kappa shape index (κ3) is 3.67. The molecule has 0 bridgehead atoms. The van der Waals surface area contributed by atoms with Gasteiger partial charge in [-0.05, 0) is 84.4 Å². The Bertz CT molecular complexity index is 2750. The van der Waals surface area contributed by atoms with E-state index in [1.165, 1.54) is 32.3 Å². The summed E-state index contributed by atoms with van der Waals surface area (Å²) < 4.78 is 22.6. The Hall–Kier alpha value is -5.10. The Morgan fingerprint density at radius 2 is 1.11 bits per heavy atom. The molecule has 2 aromatic heterocycles. The van der Waals surface area contributed by atoms with E-state index in [9.17, 15) is 0 Å². The molecule has 0 aliphatic carbocycles. The summed E-state index contributed by atoms with van der Waals surface area (Å²) in [6.07, 6.45) is 0. The average molecular weight is 610 g/mol. The normalized spacial score (nSPS) is 16.2. The summed E-state index contributed by atoms with van der Waals surface area (Å²) in [7, 11) is -0.485. The Kier molecular flexibility index (Phi) is 5.33. The number of nitrogens with zero attached hydrogens (tertiary/aromatic N) is 1. The van der Waals surface area contributed by atoms with Crippen LogP contribution >= 0.6 is 0 Å². The van der Waals surface area contributed by atoms with E-state index in [0.717, 1.165) is 54.9 Å². The molecule has 0 amide bonds. The second-order valence-electron chi connectivity index (χ2n) is 14.0. The van der Waals surface area contributed by atoms with Crippen LogP contribution in [0, 0.1) is 0 Å². The standard InChI is InChI=1S/C42H32BNO3/c1-41(2)42(3,4)47-43(46-41)34-24-32-31-18-11-19-36(40(31)45-39(32)30-17-10-9-16-29(30)34)44-35-21-20-25-12-7-8-15-28(25)38(35)33-22-26-13-5-6-14-27(26)23-37(33)44/h5-24H,1-4H3. The molecule has 1 fully saturated rings. The van der Waals surface area contributed by atoms with Gasteiger partial charge in [-0.15, -0.1) is 0 Å².